The molecule has 0 aliphatic rings. The third kappa shape index (κ3) is 5.12. The van der Waals surface area contributed by atoms with Gasteiger partial charge in [0, 0.05) is 13.7 Å². The van der Waals surface area contributed by atoms with Gasteiger partial charge in [-0.3, -0.25) is 4.79 Å². The lowest BCUT2D eigenvalue weighted by Crippen LogP contribution is -2.30. The summed E-state index contributed by atoms with van der Waals surface area (Å²) in [5, 5.41) is 6.12. The Hall–Kier alpha value is -1.17. The van der Waals surface area contributed by atoms with E-state index in [1.807, 2.05) is 0 Å². The van der Waals surface area contributed by atoms with Crippen LogP contribution in [-0.2, 0) is 9.53 Å². The number of nitrogens with zero attached hydrogens (tertiary/aromatic N) is 1. The minimum atomic E-state index is -0.117. The minimum Gasteiger partial charge on any atom is -0.383 e. The van der Waals surface area contributed by atoms with E-state index in [2.05, 4.69) is 15.6 Å². The molecule has 0 unspecified atom stereocenters. The molecule has 17 heavy (non-hydrogen) atoms. The Morgan fingerprint density at radius 2 is 2.29 bits per heavy atom. The van der Waals surface area contributed by atoms with Crippen LogP contribution in [0.1, 0.15) is 5.69 Å². The van der Waals surface area contributed by atoms with Crippen LogP contribution in [0, 0.1) is 6.92 Å². The van der Waals surface area contributed by atoms with Crippen LogP contribution in [0.5, 0.6) is 0 Å². The molecule has 0 aliphatic carbocycles. The first-order valence-corrected chi connectivity index (χ1v) is 5.64. The number of pyridine rings is 1. The maximum absolute atomic E-state index is 11.5. The fraction of sp³-hybridized carbons (Fsp3) is 0.455. The number of hydrogen-bond acceptors (Lipinski definition) is 4. The molecule has 0 spiro atoms. The van der Waals surface area contributed by atoms with Crippen LogP contribution in [0.2, 0.25) is 5.15 Å². The maximum atomic E-state index is 11.5. The molecule has 1 rings (SSSR count). The third-order valence-electron chi connectivity index (χ3n) is 2.09. The van der Waals surface area contributed by atoms with Crippen molar-refractivity contribution >= 4 is 23.2 Å². The lowest BCUT2D eigenvalue weighted by atomic mass is 10.3. The molecule has 6 heteroatoms. The Balaban J connectivity index is 2.40. The van der Waals surface area contributed by atoms with E-state index in [0.29, 0.717) is 29.7 Å². The van der Waals surface area contributed by atoms with E-state index in [4.69, 9.17) is 16.3 Å². The van der Waals surface area contributed by atoms with Gasteiger partial charge in [-0.05, 0) is 19.1 Å². The number of aryl methyl sites for hydroxylation is 1. The lowest BCUT2D eigenvalue weighted by Gasteiger charge is -2.08. The van der Waals surface area contributed by atoms with Gasteiger partial charge in [-0.1, -0.05) is 11.6 Å². The van der Waals surface area contributed by atoms with Gasteiger partial charge in [0.15, 0.2) is 0 Å². The summed E-state index contributed by atoms with van der Waals surface area (Å²) in [6.07, 6.45) is 0. The van der Waals surface area contributed by atoms with Crippen LogP contribution in [0.25, 0.3) is 0 Å². The van der Waals surface area contributed by atoms with Crippen molar-refractivity contribution in [2.75, 3.05) is 32.1 Å². The molecule has 1 amide bonds. The highest BCUT2D eigenvalue weighted by molar-refractivity contribution is 6.29. The fourth-order valence-corrected chi connectivity index (χ4v) is 1.42. The second kappa shape index (κ2) is 7.21. The number of ether oxygens (including phenoxy) is 1. The molecule has 1 heterocycles. The molecule has 0 radical (unpaired) electrons. The van der Waals surface area contributed by atoms with E-state index in [-0.39, 0.29) is 12.5 Å². The van der Waals surface area contributed by atoms with Gasteiger partial charge in [-0.15, -0.1) is 0 Å². The molecular formula is C11H16ClN3O2. The quantitative estimate of drug-likeness (QED) is 0.594. The Kier molecular flexibility index (Phi) is 5.90. The number of halogens is 1. The summed E-state index contributed by atoms with van der Waals surface area (Å²) in [7, 11) is 1.62. The third-order valence-corrected chi connectivity index (χ3v) is 2.30. The topological polar surface area (TPSA) is 63.2 Å². The molecule has 0 aromatic carbocycles. The largest absolute Gasteiger partial charge is 0.383 e. The second-order valence-corrected chi connectivity index (χ2v) is 3.87. The van der Waals surface area contributed by atoms with Crippen molar-refractivity contribution in [2.24, 2.45) is 0 Å². The van der Waals surface area contributed by atoms with Gasteiger partial charge < -0.3 is 15.4 Å². The number of methoxy groups -OCH3 is 1. The summed E-state index contributed by atoms with van der Waals surface area (Å²) in [5.41, 5.74) is 1.37. The maximum Gasteiger partial charge on any atom is 0.238 e. The first-order valence-electron chi connectivity index (χ1n) is 5.26. The van der Waals surface area contributed by atoms with Gasteiger partial charge in [0.2, 0.25) is 5.91 Å². The van der Waals surface area contributed by atoms with E-state index in [1.54, 1.807) is 26.2 Å². The molecule has 2 N–H and O–H groups in total. The summed E-state index contributed by atoms with van der Waals surface area (Å²) in [5.74, 6) is -0.117. The van der Waals surface area contributed by atoms with Gasteiger partial charge in [-0.2, -0.15) is 0 Å². The monoisotopic (exact) mass is 257 g/mol. The first kappa shape index (κ1) is 13.9. The standard InChI is InChI=1S/C11H16ClN3O2/c1-8-9(3-4-10(12)14-8)15-11(16)7-13-5-6-17-2/h3-4,13H,5-7H2,1-2H3,(H,15,16). The zero-order valence-electron chi connectivity index (χ0n) is 9.92. The van der Waals surface area contributed by atoms with Crippen LogP contribution >= 0.6 is 11.6 Å². The summed E-state index contributed by atoms with van der Waals surface area (Å²) in [6.45, 7) is 3.25. The summed E-state index contributed by atoms with van der Waals surface area (Å²) in [6, 6.07) is 3.38. The molecule has 1 aromatic heterocycles. The van der Waals surface area contributed by atoms with E-state index in [0.717, 1.165) is 0 Å². The smallest absolute Gasteiger partial charge is 0.238 e. The predicted octanol–water partition coefficient (Wildman–Crippen LogP) is 1.22. The van der Waals surface area contributed by atoms with Gasteiger partial charge in [0.1, 0.15) is 5.15 Å². The number of hydrogen-bond donors (Lipinski definition) is 2. The number of carbonyl (C=O) groups is 1. The highest BCUT2D eigenvalue weighted by atomic mass is 35.5. The zero-order valence-corrected chi connectivity index (χ0v) is 10.7. The Bertz CT molecular complexity index is 385. The van der Waals surface area contributed by atoms with Crippen molar-refractivity contribution in [1.29, 1.82) is 0 Å². The number of nitrogens with one attached hydrogen (secondary N) is 2. The van der Waals surface area contributed by atoms with Crippen molar-refractivity contribution in [1.82, 2.24) is 10.3 Å². The molecular weight excluding hydrogens is 242 g/mol. The zero-order chi connectivity index (χ0) is 12.7. The van der Waals surface area contributed by atoms with Gasteiger partial charge in [0.25, 0.3) is 0 Å². The van der Waals surface area contributed by atoms with Crippen molar-refractivity contribution < 1.29 is 9.53 Å². The Morgan fingerprint density at radius 1 is 1.53 bits per heavy atom. The van der Waals surface area contributed by atoms with E-state index < -0.39 is 0 Å². The van der Waals surface area contributed by atoms with E-state index >= 15 is 0 Å². The summed E-state index contributed by atoms with van der Waals surface area (Å²) < 4.78 is 4.86. The molecule has 5 nitrogen and oxygen atoms in total. The van der Waals surface area contributed by atoms with E-state index in [1.165, 1.54) is 0 Å². The number of amides is 1. The second-order valence-electron chi connectivity index (χ2n) is 3.48. The lowest BCUT2D eigenvalue weighted by molar-refractivity contribution is -0.115. The molecule has 0 saturated carbocycles. The normalized spacial score (nSPS) is 10.3. The average Bonchev–Trinajstić information content (AvgIpc) is 2.28. The predicted molar refractivity (Wildman–Crippen MR) is 67.4 cm³/mol. The summed E-state index contributed by atoms with van der Waals surface area (Å²) in [4.78, 5) is 15.6. The number of rotatable bonds is 6. The highest BCUT2D eigenvalue weighted by Crippen LogP contribution is 2.15. The highest BCUT2D eigenvalue weighted by Gasteiger charge is 2.05. The molecule has 0 aliphatic heterocycles. The molecule has 0 saturated heterocycles. The molecule has 1 aromatic rings. The van der Waals surface area contributed by atoms with Crippen LogP contribution in [0.15, 0.2) is 12.1 Å². The number of carbonyl (C=O) groups excluding carboxylic acids is 1. The molecule has 0 fully saturated rings. The van der Waals surface area contributed by atoms with Crippen LogP contribution in [0.4, 0.5) is 5.69 Å². The van der Waals surface area contributed by atoms with Gasteiger partial charge >= 0.3 is 0 Å². The van der Waals surface area contributed by atoms with Crippen molar-refractivity contribution in [2.45, 2.75) is 6.92 Å². The fourth-order valence-electron chi connectivity index (χ4n) is 1.23. The molecule has 94 valence electrons. The van der Waals surface area contributed by atoms with Crippen LogP contribution in [-0.4, -0.2) is 37.7 Å². The average molecular weight is 258 g/mol. The van der Waals surface area contributed by atoms with E-state index in [9.17, 15) is 4.79 Å². The van der Waals surface area contributed by atoms with Crippen molar-refractivity contribution in [3.8, 4) is 0 Å². The Morgan fingerprint density at radius 3 is 2.94 bits per heavy atom. The first-order chi connectivity index (χ1) is 8.13. The minimum absolute atomic E-state index is 0.117. The summed E-state index contributed by atoms with van der Waals surface area (Å²) >= 11 is 5.72. The SMILES string of the molecule is COCCNCC(=O)Nc1ccc(Cl)nc1C. The van der Waals surface area contributed by atoms with Crippen molar-refractivity contribution in [3.05, 3.63) is 23.0 Å². The number of anilines is 1. The molecule has 0 atom stereocenters. The number of aromatic nitrogens is 1. The molecule has 0 bridgehead atoms. The van der Waals surface area contributed by atoms with Gasteiger partial charge in [0.05, 0.1) is 24.5 Å². The van der Waals surface area contributed by atoms with Crippen LogP contribution in [0.3, 0.4) is 0 Å². The Labute approximate surface area is 106 Å². The van der Waals surface area contributed by atoms with Gasteiger partial charge in [-0.25, -0.2) is 4.98 Å². The van der Waals surface area contributed by atoms with Crippen molar-refractivity contribution in [3.63, 3.8) is 0 Å². The van der Waals surface area contributed by atoms with Crippen LogP contribution < -0.4 is 10.6 Å².